The summed E-state index contributed by atoms with van der Waals surface area (Å²) in [5, 5.41) is 7.07. The van der Waals surface area contributed by atoms with Gasteiger partial charge < -0.3 is 9.84 Å². The maximum Gasteiger partial charge on any atom is 0.261 e. The Labute approximate surface area is 133 Å². The van der Waals surface area contributed by atoms with Crippen LogP contribution in [0.25, 0.3) is 11.5 Å². The van der Waals surface area contributed by atoms with Crippen LogP contribution in [-0.4, -0.2) is 21.7 Å². The van der Waals surface area contributed by atoms with Crippen molar-refractivity contribution in [3.63, 3.8) is 0 Å². The standard InChI is InChI=1S/C17H17FN4O/c1-12-21-17(23-22-12)15-8-4-10-20-16(15)19-9-3-6-13-5-2-7-14(18)11-13/h2,4-5,7-8,10-11H,3,6,9H2,1H3,(H,19,20). The molecule has 5 nitrogen and oxygen atoms in total. The molecular weight excluding hydrogens is 295 g/mol. The van der Waals surface area contributed by atoms with Crippen LogP contribution in [0.5, 0.6) is 0 Å². The molecule has 0 radical (unpaired) electrons. The van der Waals surface area contributed by atoms with Crippen LogP contribution in [0.3, 0.4) is 0 Å². The van der Waals surface area contributed by atoms with Gasteiger partial charge in [0.05, 0.1) is 5.56 Å². The van der Waals surface area contributed by atoms with E-state index in [1.807, 2.05) is 18.2 Å². The highest BCUT2D eigenvalue weighted by atomic mass is 19.1. The lowest BCUT2D eigenvalue weighted by Gasteiger charge is -2.08. The number of rotatable bonds is 6. The monoisotopic (exact) mass is 312 g/mol. The summed E-state index contributed by atoms with van der Waals surface area (Å²) >= 11 is 0. The zero-order chi connectivity index (χ0) is 16.1. The van der Waals surface area contributed by atoms with E-state index in [9.17, 15) is 4.39 Å². The molecule has 0 amide bonds. The molecule has 0 saturated heterocycles. The second-order valence-electron chi connectivity index (χ2n) is 5.21. The summed E-state index contributed by atoms with van der Waals surface area (Å²) in [6, 6.07) is 10.4. The molecule has 118 valence electrons. The molecule has 2 heterocycles. The van der Waals surface area contributed by atoms with Crippen molar-refractivity contribution in [2.45, 2.75) is 19.8 Å². The first kappa shape index (κ1) is 15.1. The summed E-state index contributed by atoms with van der Waals surface area (Å²) in [6.45, 7) is 2.49. The van der Waals surface area contributed by atoms with Crippen LogP contribution in [0.2, 0.25) is 0 Å². The van der Waals surface area contributed by atoms with Gasteiger partial charge in [0.1, 0.15) is 11.6 Å². The average Bonchev–Trinajstić information content (AvgIpc) is 2.98. The normalized spacial score (nSPS) is 10.7. The number of hydrogen-bond donors (Lipinski definition) is 1. The van der Waals surface area contributed by atoms with Crippen LogP contribution in [0.15, 0.2) is 47.1 Å². The fourth-order valence-corrected chi connectivity index (χ4v) is 2.32. The van der Waals surface area contributed by atoms with Crippen LogP contribution in [-0.2, 0) is 6.42 Å². The minimum absolute atomic E-state index is 0.200. The molecule has 1 aromatic carbocycles. The molecule has 0 atom stereocenters. The Morgan fingerprint density at radius 2 is 2.13 bits per heavy atom. The molecule has 0 bridgehead atoms. The number of aromatic nitrogens is 3. The van der Waals surface area contributed by atoms with E-state index in [-0.39, 0.29) is 5.82 Å². The third-order valence-corrected chi connectivity index (χ3v) is 3.39. The zero-order valence-corrected chi connectivity index (χ0v) is 12.8. The Kier molecular flexibility index (Phi) is 4.61. The summed E-state index contributed by atoms with van der Waals surface area (Å²) < 4.78 is 18.3. The van der Waals surface area contributed by atoms with E-state index in [0.717, 1.165) is 24.0 Å². The molecule has 2 aromatic heterocycles. The highest BCUT2D eigenvalue weighted by Gasteiger charge is 2.11. The van der Waals surface area contributed by atoms with Crippen molar-refractivity contribution in [3.05, 3.63) is 59.8 Å². The molecule has 1 N–H and O–H groups in total. The molecule has 6 heteroatoms. The second-order valence-corrected chi connectivity index (χ2v) is 5.21. The number of aryl methyl sites for hydroxylation is 2. The lowest BCUT2D eigenvalue weighted by Crippen LogP contribution is -2.06. The Morgan fingerprint density at radius 3 is 2.91 bits per heavy atom. The van der Waals surface area contributed by atoms with Crippen LogP contribution in [0.1, 0.15) is 17.8 Å². The fourth-order valence-electron chi connectivity index (χ4n) is 2.32. The Hall–Kier alpha value is -2.76. The summed E-state index contributed by atoms with van der Waals surface area (Å²) in [4.78, 5) is 8.55. The fraction of sp³-hybridized carbons (Fsp3) is 0.235. The average molecular weight is 312 g/mol. The molecule has 0 aliphatic heterocycles. The smallest absolute Gasteiger partial charge is 0.261 e. The predicted octanol–water partition coefficient (Wildman–Crippen LogP) is 3.62. The summed E-state index contributed by atoms with van der Waals surface area (Å²) in [6.07, 6.45) is 3.37. The van der Waals surface area contributed by atoms with E-state index in [4.69, 9.17) is 4.52 Å². The second kappa shape index (κ2) is 7.00. The Morgan fingerprint density at radius 1 is 1.22 bits per heavy atom. The third kappa shape index (κ3) is 3.91. The largest absolute Gasteiger partial charge is 0.369 e. The van der Waals surface area contributed by atoms with Gasteiger partial charge in [-0.15, -0.1) is 0 Å². The van der Waals surface area contributed by atoms with Gasteiger partial charge in [-0.25, -0.2) is 9.37 Å². The van der Waals surface area contributed by atoms with Gasteiger partial charge >= 0.3 is 0 Å². The van der Waals surface area contributed by atoms with Crippen LogP contribution in [0.4, 0.5) is 10.2 Å². The first-order valence-corrected chi connectivity index (χ1v) is 7.46. The van der Waals surface area contributed by atoms with Crippen molar-refractivity contribution in [3.8, 4) is 11.5 Å². The lowest BCUT2D eigenvalue weighted by molar-refractivity contribution is 0.425. The predicted molar refractivity (Wildman–Crippen MR) is 85.5 cm³/mol. The number of nitrogens with one attached hydrogen (secondary N) is 1. The molecule has 3 rings (SSSR count). The maximum atomic E-state index is 13.1. The van der Waals surface area contributed by atoms with Crippen molar-refractivity contribution in [1.29, 1.82) is 0 Å². The van der Waals surface area contributed by atoms with Gasteiger partial charge in [-0.3, -0.25) is 0 Å². The van der Waals surface area contributed by atoms with Gasteiger partial charge in [0.15, 0.2) is 5.82 Å². The first-order valence-electron chi connectivity index (χ1n) is 7.46. The van der Waals surface area contributed by atoms with Crippen molar-refractivity contribution >= 4 is 5.82 Å². The molecule has 0 spiro atoms. The van der Waals surface area contributed by atoms with Gasteiger partial charge in [0, 0.05) is 12.7 Å². The van der Waals surface area contributed by atoms with Crippen LogP contribution < -0.4 is 5.32 Å². The molecular formula is C17H17FN4O. The molecule has 0 aliphatic carbocycles. The van der Waals surface area contributed by atoms with Crippen molar-refractivity contribution in [2.75, 3.05) is 11.9 Å². The molecule has 0 fully saturated rings. The minimum Gasteiger partial charge on any atom is -0.369 e. The summed E-state index contributed by atoms with van der Waals surface area (Å²) in [7, 11) is 0. The van der Waals surface area contributed by atoms with E-state index < -0.39 is 0 Å². The highest BCUT2D eigenvalue weighted by Crippen LogP contribution is 2.24. The summed E-state index contributed by atoms with van der Waals surface area (Å²) in [5.41, 5.74) is 1.76. The summed E-state index contributed by atoms with van der Waals surface area (Å²) in [5.74, 6) is 1.54. The van der Waals surface area contributed by atoms with E-state index in [0.29, 0.717) is 24.1 Å². The first-order chi connectivity index (χ1) is 11.2. The number of hydrogen-bond acceptors (Lipinski definition) is 5. The minimum atomic E-state index is -0.200. The SMILES string of the molecule is Cc1noc(-c2cccnc2NCCCc2cccc(F)c2)n1. The molecule has 0 unspecified atom stereocenters. The van der Waals surface area contributed by atoms with Gasteiger partial charge in [-0.1, -0.05) is 17.3 Å². The van der Waals surface area contributed by atoms with E-state index >= 15 is 0 Å². The van der Waals surface area contributed by atoms with Gasteiger partial charge in [-0.05, 0) is 49.6 Å². The van der Waals surface area contributed by atoms with Gasteiger partial charge in [-0.2, -0.15) is 4.98 Å². The van der Waals surface area contributed by atoms with E-state index in [1.54, 1.807) is 25.3 Å². The molecule has 0 aliphatic rings. The Bertz CT molecular complexity index is 788. The molecule has 3 aromatic rings. The zero-order valence-electron chi connectivity index (χ0n) is 12.8. The number of benzene rings is 1. The number of pyridine rings is 1. The maximum absolute atomic E-state index is 13.1. The van der Waals surface area contributed by atoms with Crippen molar-refractivity contribution in [2.24, 2.45) is 0 Å². The van der Waals surface area contributed by atoms with E-state index in [2.05, 4.69) is 20.4 Å². The Balaban J connectivity index is 1.60. The third-order valence-electron chi connectivity index (χ3n) is 3.39. The topological polar surface area (TPSA) is 63.8 Å². The van der Waals surface area contributed by atoms with E-state index in [1.165, 1.54) is 6.07 Å². The lowest BCUT2D eigenvalue weighted by atomic mass is 10.1. The van der Waals surface area contributed by atoms with Crippen LogP contribution >= 0.6 is 0 Å². The number of halogens is 1. The van der Waals surface area contributed by atoms with Crippen LogP contribution in [0, 0.1) is 12.7 Å². The molecule has 0 saturated carbocycles. The number of nitrogens with zero attached hydrogens (tertiary/aromatic N) is 3. The highest BCUT2D eigenvalue weighted by molar-refractivity contribution is 5.68. The molecule has 23 heavy (non-hydrogen) atoms. The number of anilines is 1. The van der Waals surface area contributed by atoms with Gasteiger partial charge in [0.25, 0.3) is 5.89 Å². The van der Waals surface area contributed by atoms with Gasteiger partial charge in [0.2, 0.25) is 0 Å². The van der Waals surface area contributed by atoms with Crippen molar-refractivity contribution in [1.82, 2.24) is 15.1 Å². The quantitative estimate of drug-likeness (QED) is 0.704. The van der Waals surface area contributed by atoms with Crippen molar-refractivity contribution < 1.29 is 8.91 Å².